The van der Waals surface area contributed by atoms with Crippen molar-refractivity contribution in [2.24, 2.45) is 0 Å². The minimum atomic E-state index is -4.62. The molecule has 136 valence electrons. The van der Waals surface area contributed by atoms with E-state index < -0.39 is 17.6 Å². The number of para-hydroxylation sites is 1. The Kier molecular flexibility index (Phi) is 4.11. The quantitative estimate of drug-likeness (QED) is 0.398. The van der Waals surface area contributed by atoms with Crippen LogP contribution in [0, 0.1) is 5.82 Å². The molecular formula is C19H10ClF4N3. The van der Waals surface area contributed by atoms with Crippen LogP contribution < -0.4 is 0 Å². The van der Waals surface area contributed by atoms with Crippen molar-refractivity contribution in [3.63, 3.8) is 0 Å². The molecule has 0 spiro atoms. The predicted molar refractivity (Wildman–Crippen MR) is 94.3 cm³/mol. The van der Waals surface area contributed by atoms with Gasteiger partial charge in [-0.05, 0) is 30.3 Å². The molecule has 0 N–H and O–H groups in total. The molecule has 0 bridgehead atoms. The zero-order valence-corrected chi connectivity index (χ0v) is 14.3. The normalized spacial score (nSPS) is 11.9. The van der Waals surface area contributed by atoms with Gasteiger partial charge in [-0.2, -0.15) is 18.3 Å². The number of hydrogen-bond acceptors (Lipinski definition) is 2. The van der Waals surface area contributed by atoms with Gasteiger partial charge < -0.3 is 0 Å². The second-order valence-corrected chi connectivity index (χ2v) is 6.24. The monoisotopic (exact) mass is 391 g/mol. The summed E-state index contributed by atoms with van der Waals surface area (Å²) in [5.74, 6) is -0.616. The molecule has 27 heavy (non-hydrogen) atoms. The highest BCUT2D eigenvalue weighted by atomic mass is 35.5. The average Bonchev–Trinajstić information content (AvgIpc) is 3.05. The van der Waals surface area contributed by atoms with E-state index in [1.165, 1.54) is 18.2 Å². The van der Waals surface area contributed by atoms with Gasteiger partial charge in [0.1, 0.15) is 11.5 Å². The molecule has 0 radical (unpaired) electrons. The third-order valence-corrected chi connectivity index (χ3v) is 4.32. The van der Waals surface area contributed by atoms with Crippen LogP contribution in [0.4, 0.5) is 17.6 Å². The molecule has 4 rings (SSSR count). The summed E-state index contributed by atoms with van der Waals surface area (Å²) in [6.07, 6.45) is -3.57. The van der Waals surface area contributed by atoms with Gasteiger partial charge >= 0.3 is 6.18 Å². The Morgan fingerprint density at radius 1 is 0.963 bits per heavy atom. The van der Waals surface area contributed by atoms with Crippen LogP contribution in [-0.4, -0.2) is 14.8 Å². The average molecular weight is 392 g/mol. The van der Waals surface area contributed by atoms with E-state index in [1.807, 2.05) is 0 Å². The Morgan fingerprint density at radius 3 is 2.33 bits per heavy atom. The number of aromatic nitrogens is 3. The fourth-order valence-electron chi connectivity index (χ4n) is 2.80. The topological polar surface area (TPSA) is 30.7 Å². The summed E-state index contributed by atoms with van der Waals surface area (Å²) in [6.45, 7) is 0. The first-order valence-electron chi connectivity index (χ1n) is 7.81. The van der Waals surface area contributed by atoms with E-state index >= 15 is 0 Å². The lowest BCUT2D eigenvalue weighted by Crippen LogP contribution is -2.08. The summed E-state index contributed by atoms with van der Waals surface area (Å²) in [6, 6.07) is 12.9. The molecule has 2 aromatic heterocycles. The van der Waals surface area contributed by atoms with Crippen molar-refractivity contribution in [3.8, 4) is 16.9 Å². The van der Waals surface area contributed by atoms with Gasteiger partial charge in [-0.3, -0.25) is 0 Å². The van der Waals surface area contributed by atoms with Crippen molar-refractivity contribution in [1.82, 2.24) is 14.8 Å². The van der Waals surface area contributed by atoms with Crippen LogP contribution in [0.25, 0.3) is 28.0 Å². The van der Waals surface area contributed by atoms with Crippen molar-refractivity contribution in [2.75, 3.05) is 0 Å². The number of halogens is 5. The molecule has 8 heteroatoms. The third-order valence-electron chi connectivity index (χ3n) is 4.07. The Labute approximate surface area is 155 Å². The van der Waals surface area contributed by atoms with Gasteiger partial charge in [0.15, 0.2) is 5.65 Å². The molecule has 2 aromatic carbocycles. The van der Waals surface area contributed by atoms with Crippen LogP contribution in [-0.2, 0) is 6.18 Å². The molecule has 0 aliphatic heterocycles. The standard InChI is InChI=1S/C19H10ClF4N3/c20-12-7-5-11(6-8-12)16-9-14(19(22,23)24)13-10-25-27(18(13)26-16)17-4-2-1-3-15(17)21/h1-10H. The van der Waals surface area contributed by atoms with E-state index in [0.29, 0.717) is 10.6 Å². The maximum absolute atomic E-state index is 14.2. The SMILES string of the molecule is Fc1ccccc1-n1ncc2c(C(F)(F)F)cc(-c3ccc(Cl)cc3)nc21. The fourth-order valence-corrected chi connectivity index (χ4v) is 2.93. The van der Waals surface area contributed by atoms with Gasteiger partial charge in [-0.25, -0.2) is 14.1 Å². The van der Waals surface area contributed by atoms with E-state index in [0.717, 1.165) is 16.9 Å². The molecule has 0 atom stereocenters. The summed E-state index contributed by atoms with van der Waals surface area (Å²) in [5.41, 5.74) is -0.418. The summed E-state index contributed by atoms with van der Waals surface area (Å²) in [4.78, 5) is 4.32. The molecule has 3 nitrogen and oxygen atoms in total. The largest absolute Gasteiger partial charge is 0.417 e. The summed E-state index contributed by atoms with van der Waals surface area (Å²) in [5, 5.41) is 4.19. The number of benzene rings is 2. The highest BCUT2D eigenvalue weighted by Gasteiger charge is 2.35. The maximum Gasteiger partial charge on any atom is 0.417 e. The predicted octanol–water partition coefficient (Wildman–Crippen LogP) is 5.90. The lowest BCUT2D eigenvalue weighted by molar-refractivity contribution is -0.136. The Morgan fingerprint density at radius 2 is 1.67 bits per heavy atom. The van der Waals surface area contributed by atoms with Gasteiger partial charge in [0.2, 0.25) is 0 Å². The Hall–Kier alpha value is -2.93. The number of nitrogens with zero attached hydrogens (tertiary/aromatic N) is 3. The van der Waals surface area contributed by atoms with Crippen molar-refractivity contribution in [3.05, 3.63) is 77.2 Å². The lowest BCUT2D eigenvalue weighted by Gasteiger charge is -2.11. The Balaban J connectivity index is 2.03. The molecule has 0 aliphatic carbocycles. The molecule has 0 saturated carbocycles. The van der Waals surface area contributed by atoms with Crippen LogP contribution in [0.2, 0.25) is 5.02 Å². The van der Waals surface area contributed by atoms with Crippen LogP contribution in [0.1, 0.15) is 5.56 Å². The number of fused-ring (bicyclic) bond motifs is 1. The van der Waals surface area contributed by atoms with Crippen molar-refractivity contribution < 1.29 is 17.6 Å². The molecule has 0 aliphatic rings. The molecule has 0 unspecified atom stereocenters. The molecule has 4 aromatic rings. The zero-order valence-electron chi connectivity index (χ0n) is 13.5. The first kappa shape index (κ1) is 17.5. The van der Waals surface area contributed by atoms with Crippen LogP contribution in [0.5, 0.6) is 0 Å². The third kappa shape index (κ3) is 3.14. The van der Waals surface area contributed by atoms with Crippen molar-refractivity contribution >= 4 is 22.6 Å². The molecular weight excluding hydrogens is 382 g/mol. The zero-order chi connectivity index (χ0) is 19.2. The van der Waals surface area contributed by atoms with E-state index in [-0.39, 0.29) is 22.4 Å². The minimum Gasteiger partial charge on any atom is -0.228 e. The van der Waals surface area contributed by atoms with Gasteiger partial charge in [-0.15, -0.1) is 0 Å². The number of alkyl halides is 3. The summed E-state index contributed by atoms with van der Waals surface area (Å²) >= 11 is 5.85. The molecule has 0 saturated heterocycles. The van der Waals surface area contributed by atoms with Crippen LogP contribution >= 0.6 is 11.6 Å². The maximum atomic E-state index is 14.2. The highest BCUT2D eigenvalue weighted by molar-refractivity contribution is 6.30. The second kappa shape index (κ2) is 6.35. The smallest absolute Gasteiger partial charge is 0.228 e. The second-order valence-electron chi connectivity index (χ2n) is 5.80. The summed E-state index contributed by atoms with van der Waals surface area (Å²) in [7, 11) is 0. The first-order chi connectivity index (χ1) is 12.8. The van der Waals surface area contributed by atoms with Crippen molar-refractivity contribution in [1.29, 1.82) is 0 Å². The van der Waals surface area contributed by atoms with Crippen LogP contribution in [0.15, 0.2) is 60.8 Å². The van der Waals surface area contributed by atoms with Crippen LogP contribution in [0.3, 0.4) is 0 Å². The van der Waals surface area contributed by atoms with E-state index in [1.54, 1.807) is 30.3 Å². The Bertz CT molecular complexity index is 1130. The molecule has 2 heterocycles. The highest BCUT2D eigenvalue weighted by Crippen LogP contribution is 2.37. The number of pyridine rings is 1. The first-order valence-corrected chi connectivity index (χ1v) is 8.19. The molecule has 0 fully saturated rings. The lowest BCUT2D eigenvalue weighted by atomic mass is 10.1. The fraction of sp³-hybridized carbons (Fsp3) is 0.0526. The van der Waals surface area contributed by atoms with Gasteiger partial charge in [0.25, 0.3) is 0 Å². The number of rotatable bonds is 2. The minimum absolute atomic E-state index is 0.0152. The summed E-state index contributed by atoms with van der Waals surface area (Å²) < 4.78 is 56.1. The number of hydrogen-bond donors (Lipinski definition) is 0. The van der Waals surface area contributed by atoms with Gasteiger partial charge in [0.05, 0.1) is 22.8 Å². The van der Waals surface area contributed by atoms with E-state index in [9.17, 15) is 17.6 Å². The van der Waals surface area contributed by atoms with Gasteiger partial charge in [0, 0.05) is 10.6 Å². The van der Waals surface area contributed by atoms with E-state index in [4.69, 9.17) is 11.6 Å². The molecule has 0 amide bonds. The van der Waals surface area contributed by atoms with Crippen molar-refractivity contribution in [2.45, 2.75) is 6.18 Å². The van der Waals surface area contributed by atoms with Gasteiger partial charge in [-0.1, -0.05) is 35.9 Å². The van der Waals surface area contributed by atoms with E-state index in [2.05, 4.69) is 10.1 Å².